The average Bonchev–Trinajstić information content (AvgIpc) is 3.33. The summed E-state index contributed by atoms with van der Waals surface area (Å²) in [6, 6.07) is 7.70. The summed E-state index contributed by atoms with van der Waals surface area (Å²) in [6.07, 6.45) is -3.43. The molecule has 0 saturated carbocycles. The number of hydroxylamine groups is 1. The van der Waals surface area contributed by atoms with Gasteiger partial charge in [-0.25, -0.2) is 15.4 Å². The number of benzene rings is 2. The molecule has 42 heavy (non-hydrogen) atoms. The van der Waals surface area contributed by atoms with Crippen molar-refractivity contribution in [2.45, 2.75) is 12.9 Å². The number of aromatic nitrogens is 4. The second-order valence-corrected chi connectivity index (χ2v) is 9.54. The number of nitrogens with one attached hydrogen (secondary N) is 2. The molecule has 0 atom stereocenters. The largest absolute Gasteiger partial charge is 0.573 e. The molecule has 0 unspecified atom stereocenters. The second-order valence-electron chi connectivity index (χ2n) is 9.54. The van der Waals surface area contributed by atoms with E-state index in [1.54, 1.807) is 24.3 Å². The predicted octanol–water partition coefficient (Wildman–Crippen LogP) is 2.02. The maximum absolute atomic E-state index is 13.2. The Morgan fingerprint density at radius 2 is 1.88 bits per heavy atom. The third-order valence-electron chi connectivity index (χ3n) is 6.65. The molecular weight excluding hydrogens is 561 g/mol. The van der Waals surface area contributed by atoms with E-state index >= 15 is 0 Å². The Morgan fingerprint density at radius 3 is 2.60 bits per heavy atom. The van der Waals surface area contributed by atoms with Gasteiger partial charge in [0.1, 0.15) is 5.52 Å². The molecule has 5 rings (SSSR count). The van der Waals surface area contributed by atoms with Crippen LogP contribution < -0.4 is 20.4 Å². The number of aliphatic hydroxyl groups excluding tert-OH is 2. The van der Waals surface area contributed by atoms with Crippen LogP contribution in [-0.4, -0.2) is 100 Å². The molecule has 1 fully saturated rings. The van der Waals surface area contributed by atoms with Gasteiger partial charge in [0.05, 0.1) is 37.6 Å². The van der Waals surface area contributed by atoms with E-state index in [4.69, 9.17) is 9.94 Å². The third-order valence-corrected chi connectivity index (χ3v) is 6.65. The first kappa shape index (κ1) is 29.2. The van der Waals surface area contributed by atoms with E-state index in [2.05, 4.69) is 40.4 Å². The zero-order valence-electron chi connectivity index (χ0n) is 22.6. The summed E-state index contributed by atoms with van der Waals surface area (Å²) in [6.45, 7) is 2.34. The molecule has 2 aromatic carbocycles. The summed E-state index contributed by atoms with van der Waals surface area (Å²) in [5.41, 5.74) is 3.67. The number of piperazine rings is 1. The van der Waals surface area contributed by atoms with Crippen LogP contribution in [0.4, 0.5) is 30.5 Å². The van der Waals surface area contributed by atoms with Crippen LogP contribution in [0.3, 0.4) is 0 Å². The monoisotopic (exact) mass is 590 g/mol. The Kier molecular flexibility index (Phi) is 8.58. The third kappa shape index (κ3) is 6.46. The molecule has 3 heterocycles. The van der Waals surface area contributed by atoms with E-state index in [1.165, 1.54) is 16.9 Å². The van der Waals surface area contributed by atoms with Crippen molar-refractivity contribution < 1.29 is 37.8 Å². The summed E-state index contributed by atoms with van der Waals surface area (Å²) in [5, 5.41) is 26.7. The molecule has 13 nitrogen and oxygen atoms in total. The number of halogens is 3. The van der Waals surface area contributed by atoms with Crippen LogP contribution in [-0.2, 0) is 11.4 Å². The average molecular weight is 591 g/mol. The summed E-state index contributed by atoms with van der Waals surface area (Å²) in [4.78, 5) is 30.7. The molecule has 1 saturated heterocycles. The Balaban J connectivity index is 1.54. The fraction of sp³-hybridized carbons (Fsp3) is 0.385. The standard InChI is InChI=1S/C26H29F3N8O5/c1-35-6-8-36(9-7-35)17-3-5-20(42-26(27,28)29)19(14-17)31-25-30-15-16-2-4-18-22(24(40)34-41-13-12-39)33-37(10-11-38)23(18)21(16)32-25/h2-5,14-15,38-39H,6-13H2,1H3,(H,34,40)(H,30,31,32). The lowest BCUT2D eigenvalue weighted by Crippen LogP contribution is -2.44. The van der Waals surface area contributed by atoms with E-state index in [1.807, 2.05) is 7.05 Å². The first-order chi connectivity index (χ1) is 20.2. The van der Waals surface area contributed by atoms with Gasteiger partial charge in [0.15, 0.2) is 11.4 Å². The molecule has 1 aliphatic rings. The van der Waals surface area contributed by atoms with Gasteiger partial charge in [-0.15, -0.1) is 13.2 Å². The van der Waals surface area contributed by atoms with E-state index in [9.17, 15) is 23.1 Å². The maximum Gasteiger partial charge on any atom is 0.573 e. The van der Waals surface area contributed by atoms with Crippen LogP contribution in [0.2, 0.25) is 0 Å². The molecule has 1 aliphatic heterocycles. The number of alkyl halides is 3. The number of hydrogen-bond acceptors (Lipinski definition) is 11. The van der Waals surface area contributed by atoms with Gasteiger partial charge >= 0.3 is 6.36 Å². The highest BCUT2D eigenvalue weighted by Crippen LogP contribution is 2.36. The minimum atomic E-state index is -4.92. The quantitative estimate of drug-likeness (QED) is 0.159. The van der Waals surface area contributed by atoms with Gasteiger partial charge in [-0.2, -0.15) is 5.10 Å². The molecule has 224 valence electrons. The molecule has 0 spiro atoms. The molecule has 0 aliphatic carbocycles. The number of ether oxygens (including phenoxy) is 1. The van der Waals surface area contributed by atoms with Crippen molar-refractivity contribution >= 4 is 45.0 Å². The van der Waals surface area contributed by atoms with Gasteiger partial charge in [0, 0.05) is 48.8 Å². The molecular formula is C26H29F3N8O5. The topological polar surface area (TPSA) is 150 Å². The highest BCUT2D eigenvalue weighted by atomic mass is 19.4. The molecule has 0 radical (unpaired) electrons. The first-order valence-corrected chi connectivity index (χ1v) is 13.1. The highest BCUT2D eigenvalue weighted by molar-refractivity contribution is 6.12. The van der Waals surface area contributed by atoms with Crippen molar-refractivity contribution in [3.05, 3.63) is 42.2 Å². The van der Waals surface area contributed by atoms with Crippen LogP contribution in [0.1, 0.15) is 10.5 Å². The number of nitrogens with zero attached hydrogens (tertiary/aromatic N) is 6. The predicted molar refractivity (Wildman–Crippen MR) is 147 cm³/mol. The second kappa shape index (κ2) is 12.3. The smallest absolute Gasteiger partial charge is 0.404 e. The van der Waals surface area contributed by atoms with Gasteiger partial charge in [-0.1, -0.05) is 6.07 Å². The summed E-state index contributed by atoms with van der Waals surface area (Å²) in [7, 11) is 2.01. The first-order valence-electron chi connectivity index (χ1n) is 13.1. The van der Waals surface area contributed by atoms with Crippen molar-refractivity contribution in [3.63, 3.8) is 0 Å². The van der Waals surface area contributed by atoms with E-state index in [0.29, 0.717) is 40.6 Å². The highest BCUT2D eigenvalue weighted by Gasteiger charge is 2.32. The lowest BCUT2D eigenvalue weighted by Gasteiger charge is -2.34. The van der Waals surface area contributed by atoms with Gasteiger partial charge in [0.25, 0.3) is 5.91 Å². The Morgan fingerprint density at radius 1 is 1.10 bits per heavy atom. The summed E-state index contributed by atoms with van der Waals surface area (Å²) in [5.74, 6) is -1.15. The van der Waals surface area contributed by atoms with Crippen molar-refractivity contribution in [1.82, 2.24) is 30.1 Å². The van der Waals surface area contributed by atoms with Gasteiger partial charge < -0.3 is 30.1 Å². The number of rotatable bonds is 10. The number of likely N-dealkylation sites (N-methyl/N-ethyl adjacent to an activating group) is 1. The van der Waals surface area contributed by atoms with Crippen LogP contribution in [0.5, 0.6) is 5.75 Å². The van der Waals surface area contributed by atoms with Crippen LogP contribution in [0.15, 0.2) is 36.5 Å². The van der Waals surface area contributed by atoms with Crippen LogP contribution in [0.25, 0.3) is 21.8 Å². The lowest BCUT2D eigenvalue weighted by atomic mass is 10.1. The molecule has 4 aromatic rings. The Bertz CT molecular complexity index is 1570. The molecule has 4 N–H and O–H groups in total. The van der Waals surface area contributed by atoms with E-state index < -0.39 is 18.0 Å². The Hall–Kier alpha value is -4.25. The lowest BCUT2D eigenvalue weighted by molar-refractivity contribution is -0.274. The van der Waals surface area contributed by atoms with Crippen LogP contribution >= 0.6 is 0 Å². The molecule has 2 aromatic heterocycles. The van der Waals surface area contributed by atoms with Gasteiger partial charge in [-0.05, 0) is 31.3 Å². The number of anilines is 3. The fourth-order valence-corrected chi connectivity index (χ4v) is 4.67. The van der Waals surface area contributed by atoms with E-state index in [-0.39, 0.29) is 43.7 Å². The van der Waals surface area contributed by atoms with Crippen molar-refractivity contribution in [1.29, 1.82) is 0 Å². The summed E-state index contributed by atoms with van der Waals surface area (Å²) >= 11 is 0. The normalized spacial score (nSPS) is 14.5. The number of amides is 1. The van der Waals surface area contributed by atoms with Crippen molar-refractivity contribution in [2.75, 3.05) is 63.3 Å². The van der Waals surface area contributed by atoms with E-state index in [0.717, 1.165) is 13.1 Å². The number of fused-ring (bicyclic) bond motifs is 3. The maximum atomic E-state index is 13.2. The SMILES string of the molecule is CN1CCN(c2ccc(OC(F)(F)F)c(Nc3ncc4ccc5c(C(=O)NOCCO)nn(CCO)c5c4n3)c2)CC1. The molecule has 1 amide bonds. The number of aliphatic hydroxyl groups is 2. The minimum absolute atomic E-state index is 0.00727. The Labute approximate surface area is 237 Å². The molecule has 0 bridgehead atoms. The number of carbonyl (C=O) groups is 1. The minimum Gasteiger partial charge on any atom is -0.404 e. The molecule has 16 heteroatoms. The number of carbonyl (C=O) groups excluding carboxylic acids is 1. The zero-order chi connectivity index (χ0) is 29.9. The van der Waals surface area contributed by atoms with Crippen molar-refractivity contribution in [2.24, 2.45) is 0 Å². The van der Waals surface area contributed by atoms with Crippen molar-refractivity contribution in [3.8, 4) is 5.75 Å². The number of hydrogen-bond donors (Lipinski definition) is 4. The summed E-state index contributed by atoms with van der Waals surface area (Å²) < 4.78 is 45.4. The fourth-order valence-electron chi connectivity index (χ4n) is 4.67. The van der Waals surface area contributed by atoms with Gasteiger partial charge in [0.2, 0.25) is 5.95 Å². The zero-order valence-corrected chi connectivity index (χ0v) is 22.6. The van der Waals surface area contributed by atoms with Crippen LogP contribution in [0, 0.1) is 0 Å². The van der Waals surface area contributed by atoms with Gasteiger partial charge in [-0.3, -0.25) is 14.3 Å².